The topological polar surface area (TPSA) is 42.4 Å². The summed E-state index contributed by atoms with van der Waals surface area (Å²) in [5.41, 5.74) is 1.85. The molecule has 0 amide bonds. The summed E-state index contributed by atoms with van der Waals surface area (Å²) in [4.78, 5) is 4.11. The molecule has 0 fully saturated rings. The molecule has 1 aromatic carbocycles. The van der Waals surface area contributed by atoms with Gasteiger partial charge in [-0.25, -0.2) is 4.98 Å². The van der Waals surface area contributed by atoms with E-state index in [4.69, 9.17) is 4.74 Å². The lowest BCUT2D eigenvalue weighted by atomic mass is 10.1. The van der Waals surface area contributed by atoms with E-state index in [9.17, 15) is 5.11 Å². The predicted molar refractivity (Wildman–Crippen MR) is 63.9 cm³/mol. The predicted octanol–water partition coefficient (Wildman–Crippen LogP) is 2.54. The van der Waals surface area contributed by atoms with Crippen LogP contribution in [0.25, 0.3) is 0 Å². The van der Waals surface area contributed by atoms with Crippen LogP contribution in [0.5, 0.6) is 5.75 Å². The number of methoxy groups -OCH3 is 1. The molecular weight excluding hydrogens is 222 g/mol. The van der Waals surface area contributed by atoms with E-state index in [0.717, 1.165) is 11.1 Å². The Labute approximate surface area is 98.4 Å². The van der Waals surface area contributed by atoms with Gasteiger partial charge in [0.05, 0.1) is 7.11 Å². The molecule has 0 spiro atoms. The van der Waals surface area contributed by atoms with E-state index in [1.54, 1.807) is 13.3 Å². The Hall–Kier alpha value is -1.39. The molecule has 0 bridgehead atoms. The minimum atomic E-state index is -0.713. The summed E-state index contributed by atoms with van der Waals surface area (Å²) in [7, 11) is 1.60. The molecule has 16 heavy (non-hydrogen) atoms. The van der Waals surface area contributed by atoms with Gasteiger partial charge in [0.25, 0.3) is 0 Å². The lowest BCUT2D eigenvalue weighted by Gasteiger charge is -2.13. The number of aliphatic hydroxyl groups is 1. The molecule has 1 unspecified atom stereocenters. The quantitative estimate of drug-likeness (QED) is 0.889. The summed E-state index contributed by atoms with van der Waals surface area (Å²) < 4.78 is 5.24. The third kappa shape index (κ3) is 2.08. The van der Waals surface area contributed by atoms with Crippen LogP contribution in [0.3, 0.4) is 0 Å². The van der Waals surface area contributed by atoms with Crippen LogP contribution in [0.15, 0.2) is 29.8 Å². The number of rotatable bonds is 3. The molecule has 0 saturated heterocycles. The average Bonchev–Trinajstić information content (AvgIpc) is 2.81. The van der Waals surface area contributed by atoms with Gasteiger partial charge in [0.15, 0.2) is 0 Å². The van der Waals surface area contributed by atoms with Crippen LogP contribution in [-0.2, 0) is 0 Å². The van der Waals surface area contributed by atoms with Crippen molar-refractivity contribution in [3.63, 3.8) is 0 Å². The van der Waals surface area contributed by atoms with Gasteiger partial charge in [-0.15, -0.1) is 11.3 Å². The van der Waals surface area contributed by atoms with Crippen molar-refractivity contribution < 1.29 is 9.84 Å². The van der Waals surface area contributed by atoms with Crippen molar-refractivity contribution in [3.8, 4) is 5.75 Å². The first-order valence-electron chi connectivity index (χ1n) is 4.94. The molecule has 0 aliphatic carbocycles. The number of hydrogen-bond donors (Lipinski definition) is 1. The third-order valence-corrected chi connectivity index (χ3v) is 3.19. The van der Waals surface area contributed by atoms with Gasteiger partial charge in [0, 0.05) is 17.1 Å². The van der Waals surface area contributed by atoms with Crippen LogP contribution in [0.4, 0.5) is 0 Å². The third-order valence-electron chi connectivity index (χ3n) is 2.37. The number of thiazole rings is 1. The molecule has 3 nitrogen and oxygen atoms in total. The van der Waals surface area contributed by atoms with Crippen molar-refractivity contribution in [2.24, 2.45) is 0 Å². The normalized spacial score (nSPS) is 12.4. The smallest absolute Gasteiger partial charge is 0.134 e. The minimum Gasteiger partial charge on any atom is -0.496 e. The molecule has 0 aliphatic rings. The van der Waals surface area contributed by atoms with Gasteiger partial charge in [0.2, 0.25) is 0 Å². The van der Waals surface area contributed by atoms with E-state index < -0.39 is 6.10 Å². The van der Waals surface area contributed by atoms with Crippen molar-refractivity contribution in [3.05, 3.63) is 45.9 Å². The molecule has 1 N–H and O–H groups in total. The molecule has 84 valence electrons. The fourth-order valence-corrected chi connectivity index (χ4v) is 2.21. The number of aryl methyl sites for hydroxylation is 1. The molecule has 0 saturated carbocycles. The van der Waals surface area contributed by atoms with E-state index in [1.807, 2.05) is 30.5 Å². The largest absolute Gasteiger partial charge is 0.496 e. The zero-order valence-corrected chi connectivity index (χ0v) is 9.99. The Balaban J connectivity index is 2.42. The lowest BCUT2D eigenvalue weighted by molar-refractivity contribution is 0.214. The summed E-state index contributed by atoms with van der Waals surface area (Å²) in [5, 5.41) is 12.7. The Morgan fingerprint density at radius 1 is 1.44 bits per heavy atom. The van der Waals surface area contributed by atoms with Crippen LogP contribution in [-0.4, -0.2) is 17.2 Å². The first-order chi connectivity index (χ1) is 7.72. The Kier molecular flexibility index (Phi) is 3.22. The van der Waals surface area contributed by atoms with Gasteiger partial charge in [-0.1, -0.05) is 11.6 Å². The molecule has 2 aromatic rings. The molecule has 4 heteroatoms. The molecule has 0 aliphatic heterocycles. The summed E-state index contributed by atoms with van der Waals surface area (Å²) in [5.74, 6) is 0.688. The molecule has 0 radical (unpaired) electrons. The second-order valence-corrected chi connectivity index (χ2v) is 4.44. The first kappa shape index (κ1) is 11.1. The maximum absolute atomic E-state index is 10.2. The van der Waals surface area contributed by atoms with E-state index in [1.165, 1.54) is 11.3 Å². The number of aliphatic hydroxyl groups excluding tert-OH is 1. The van der Waals surface area contributed by atoms with Crippen molar-refractivity contribution >= 4 is 11.3 Å². The fraction of sp³-hybridized carbons (Fsp3) is 0.250. The highest BCUT2D eigenvalue weighted by Crippen LogP contribution is 2.31. The molecular formula is C12H13NO2S. The van der Waals surface area contributed by atoms with Gasteiger partial charge >= 0.3 is 0 Å². The second kappa shape index (κ2) is 4.63. The highest BCUT2D eigenvalue weighted by Gasteiger charge is 2.17. The number of aromatic nitrogens is 1. The van der Waals surface area contributed by atoms with Gasteiger partial charge in [0.1, 0.15) is 16.9 Å². The monoisotopic (exact) mass is 235 g/mol. The zero-order valence-electron chi connectivity index (χ0n) is 9.18. The van der Waals surface area contributed by atoms with Crippen molar-refractivity contribution in [1.82, 2.24) is 4.98 Å². The molecule has 1 atom stereocenters. The minimum absolute atomic E-state index is 0.684. The van der Waals surface area contributed by atoms with E-state index in [0.29, 0.717) is 10.8 Å². The van der Waals surface area contributed by atoms with Crippen molar-refractivity contribution in [2.75, 3.05) is 7.11 Å². The standard InChI is InChI=1S/C12H13NO2S/c1-8-3-4-10(15-2)9(7-8)11(14)12-13-5-6-16-12/h3-7,11,14H,1-2H3. The zero-order chi connectivity index (χ0) is 11.5. The summed E-state index contributed by atoms with van der Waals surface area (Å²) >= 11 is 1.43. The highest BCUT2D eigenvalue weighted by molar-refractivity contribution is 7.09. The number of ether oxygens (including phenoxy) is 1. The van der Waals surface area contributed by atoms with Crippen LogP contribution >= 0.6 is 11.3 Å². The number of hydrogen-bond acceptors (Lipinski definition) is 4. The van der Waals surface area contributed by atoms with E-state index in [-0.39, 0.29) is 0 Å². The Bertz CT molecular complexity index is 468. The van der Waals surface area contributed by atoms with Crippen LogP contribution < -0.4 is 4.74 Å². The fourth-order valence-electron chi connectivity index (χ4n) is 1.57. The SMILES string of the molecule is COc1ccc(C)cc1C(O)c1nccs1. The highest BCUT2D eigenvalue weighted by atomic mass is 32.1. The Morgan fingerprint density at radius 3 is 2.88 bits per heavy atom. The average molecular weight is 235 g/mol. The van der Waals surface area contributed by atoms with Gasteiger partial charge in [-0.3, -0.25) is 0 Å². The second-order valence-electron chi connectivity index (χ2n) is 3.52. The summed E-state index contributed by atoms with van der Waals surface area (Å²) in [6, 6.07) is 5.74. The van der Waals surface area contributed by atoms with Crippen molar-refractivity contribution in [1.29, 1.82) is 0 Å². The van der Waals surface area contributed by atoms with E-state index >= 15 is 0 Å². The van der Waals surface area contributed by atoms with Gasteiger partial charge in [-0.05, 0) is 19.1 Å². The molecule has 2 rings (SSSR count). The Morgan fingerprint density at radius 2 is 2.25 bits per heavy atom. The maximum atomic E-state index is 10.2. The number of benzene rings is 1. The van der Waals surface area contributed by atoms with Gasteiger partial charge in [-0.2, -0.15) is 0 Å². The lowest BCUT2D eigenvalue weighted by Crippen LogP contribution is -2.02. The van der Waals surface area contributed by atoms with Crippen molar-refractivity contribution in [2.45, 2.75) is 13.0 Å². The van der Waals surface area contributed by atoms with E-state index in [2.05, 4.69) is 4.98 Å². The number of nitrogens with zero attached hydrogens (tertiary/aromatic N) is 1. The maximum Gasteiger partial charge on any atom is 0.134 e. The van der Waals surface area contributed by atoms with Gasteiger partial charge < -0.3 is 9.84 Å². The molecule has 1 heterocycles. The van der Waals surface area contributed by atoms with Crippen LogP contribution in [0, 0.1) is 6.92 Å². The van der Waals surface area contributed by atoms with Crippen LogP contribution in [0.2, 0.25) is 0 Å². The van der Waals surface area contributed by atoms with Crippen LogP contribution in [0.1, 0.15) is 22.2 Å². The molecule has 1 aromatic heterocycles. The summed E-state index contributed by atoms with van der Waals surface area (Å²) in [6.07, 6.45) is 0.973. The summed E-state index contributed by atoms with van der Waals surface area (Å²) in [6.45, 7) is 1.98. The first-order valence-corrected chi connectivity index (χ1v) is 5.82.